The van der Waals surface area contributed by atoms with Gasteiger partial charge in [-0.05, 0) is 62.9 Å². The lowest BCUT2D eigenvalue weighted by atomic mass is 10.0. The maximum absolute atomic E-state index is 12.5. The second kappa shape index (κ2) is 7.08. The molecule has 1 aliphatic rings. The number of nitrogens with one attached hydrogen (secondary N) is 1. The van der Waals surface area contributed by atoms with Gasteiger partial charge < -0.3 is 10.2 Å². The minimum atomic E-state index is 0.0485. The molecule has 125 valence electrons. The van der Waals surface area contributed by atoms with Crippen LogP contribution in [0, 0.1) is 20.8 Å². The Balaban J connectivity index is 1.57. The third-order valence-corrected chi connectivity index (χ3v) is 4.76. The molecular weight excluding hydrogens is 296 g/mol. The Morgan fingerprint density at radius 1 is 1.08 bits per heavy atom. The highest BCUT2D eigenvalue weighted by atomic mass is 16.1. The van der Waals surface area contributed by atoms with E-state index in [9.17, 15) is 4.79 Å². The van der Waals surface area contributed by atoms with E-state index < -0.39 is 0 Å². The summed E-state index contributed by atoms with van der Waals surface area (Å²) in [5.74, 6) is 0.0485. The molecule has 1 N–H and O–H groups in total. The smallest absolute Gasteiger partial charge is 0.251 e. The molecule has 0 bridgehead atoms. The van der Waals surface area contributed by atoms with Crippen molar-refractivity contribution in [1.29, 1.82) is 0 Å². The molecule has 0 aromatic heterocycles. The van der Waals surface area contributed by atoms with Gasteiger partial charge in [0.15, 0.2) is 0 Å². The normalized spacial score (nSPS) is 15.4. The van der Waals surface area contributed by atoms with Gasteiger partial charge >= 0.3 is 0 Å². The number of carbonyl (C=O) groups is 1. The summed E-state index contributed by atoms with van der Waals surface area (Å²) in [6, 6.07) is 14.6. The summed E-state index contributed by atoms with van der Waals surface area (Å²) in [5, 5.41) is 3.20. The number of rotatable bonds is 3. The van der Waals surface area contributed by atoms with E-state index in [1.165, 1.54) is 11.3 Å². The van der Waals surface area contributed by atoms with Gasteiger partial charge in [0.05, 0.1) is 0 Å². The fourth-order valence-corrected chi connectivity index (χ4v) is 3.32. The van der Waals surface area contributed by atoms with Gasteiger partial charge in [0, 0.05) is 30.4 Å². The maximum atomic E-state index is 12.5. The summed E-state index contributed by atoms with van der Waals surface area (Å²) in [5.41, 5.74) is 5.29. The van der Waals surface area contributed by atoms with Gasteiger partial charge in [0.2, 0.25) is 0 Å². The van der Waals surface area contributed by atoms with Crippen molar-refractivity contribution in [3.8, 4) is 0 Å². The number of hydrogen-bond acceptors (Lipinski definition) is 2. The van der Waals surface area contributed by atoms with Gasteiger partial charge in [0.25, 0.3) is 5.91 Å². The SMILES string of the molecule is [CH2]c1ccc(N2CCC(NC(=O)c3ccc(C)cc3C)CC2)cc1. The molecule has 2 aromatic rings. The Bertz CT molecular complexity index is 713. The molecule has 0 spiro atoms. The largest absolute Gasteiger partial charge is 0.371 e. The fourth-order valence-electron chi connectivity index (χ4n) is 3.32. The number of hydrogen-bond donors (Lipinski definition) is 1. The second-order valence-corrected chi connectivity index (χ2v) is 6.72. The number of anilines is 1. The quantitative estimate of drug-likeness (QED) is 0.930. The summed E-state index contributed by atoms with van der Waals surface area (Å²) in [6.45, 7) is 9.90. The molecule has 1 fully saturated rings. The van der Waals surface area contributed by atoms with Crippen LogP contribution in [-0.4, -0.2) is 25.0 Å². The number of aryl methyl sites for hydroxylation is 2. The number of amides is 1. The van der Waals surface area contributed by atoms with Crippen molar-refractivity contribution in [3.63, 3.8) is 0 Å². The first-order valence-electron chi connectivity index (χ1n) is 8.58. The molecular formula is C21H25N2O. The molecule has 3 heteroatoms. The first-order valence-corrected chi connectivity index (χ1v) is 8.58. The van der Waals surface area contributed by atoms with E-state index in [4.69, 9.17) is 0 Å². The van der Waals surface area contributed by atoms with Crippen molar-refractivity contribution < 1.29 is 4.79 Å². The lowest BCUT2D eigenvalue weighted by Gasteiger charge is -2.34. The minimum absolute atomic E-state index is 0.0485. The average Bonchev–Trinajstić information content (AvgIpc) is 2.56. The topological polar surface area (TPSA) is 32.3 Å². The van der Waals surface area contributed by atoms with E-state index >= 15 is 0 Å². The Morgan fingerprint density at radius 2 is 1.75 bits per heavy atom. The predicted octanol–water partition coefficient (Wildman–Crippen LogP) is 3.88. The molecule has 2 aromatic carbocycles. The van der Waals surface area contributed by atoms with Crippen molar-refractivity contribution in [2.75, 3.05) is 18.0 Å². The highest BCUT2D eigenvalue weighted by molar-refractivity contribution is 5.95. The molecule has 1 saturated heterocycles. The van der Waals surface area contributed by atoms with Crippen LogP contribution in [0.1, 0.15) is 39.9 Å². The van der Waals surface area contributed by atoms with Crippen LogP contribution in [0.4, 0.5) is 5.69 Å². The Labute approximate surface area is 144 Å². The zero-order chi connectivity index (χ0) is 17.1. The molecule has 0 atom stereocenters. The van der Waals surface area contributed by atoms with Crippen LogP contribution >= 0.6 is 0 Å². The molecule has 1 heterocycles. The van der Waals surface area contributed by atoms with Crippen molar-refractivity contribution >= 4 is 11.6 Å². The Morgan fingerprint density at radius 3 is 2.38 bits per heavy atom. The molecule has 0 saturated carbocycles. The van der Waals surface area contributed by atoms with E-state index in [1.54, 1.807) is 0 Å². The maximum Gasteiger partial charge on any atom is 0.251 e. The van der Waals surface area contributed by atoms with Crippen LogP contribution < -0.4 is 10.2 Å². The van der Waals surface area contributed by atoms with Gasteiger partial charge in [-0.3, -0.25) is 4.79 Å². The first-order chi connectivity index (χ1) is 11.5. The predicted molar refractivity (Wildman–Crippen MR) is 99.5 cm³/mol. The van der Waals surface area contributed by atoms with Crippen molar-refractivity contribution in [3.05, 3.63) is 71.6 Å². The molecule has 3 rings (SSSR count). The van der Waals surface area contributed by atoms with E-state index in [0.29, 0.717) is 0 Å². The number of benzene rings is 2. The van der Waals surface area contributed by atoms with Crippen molar-refractivity contribution in [2.24, 2.45) is 0 Å². The minimum Gasteiger partial charge on any atom is -0.371 e. The fraction of sp³-hybridized carbons (Fsp3) is 0.333. The number of nitrogens with zero attached hydrogens (tertiary/aromatic N) is 1. The van der Waals surface area contributed by atoms with Crippen LogP contribution in [0.15, 0.2) is 42.5 Å². The highest BCUT2D eigenvalue weighted by Crippen LogP contribution is 2.21. The van der Waals surface area contributed by atoms with Gasteiger partial charge in [-0.2, -0.15) is 0 Å². The third kappa shape index (κ3) is 3.78. The van der Waals surface area contributed by atoms with Gasteiger partial charge in [0.1, 0.15) is 0 Å². The van der Waals surface area contributed by atoms with E-state index in [-0.39, 0.29) is 11.9 Å². The standard InChI is InChI=1S/C21H25N2O/c1-15-4-7-19(8-5-15)23-12-10-18(11-13-23)22-21(24)20-9-6-16(2)14-17(20)3/h4-9,14,18H,1,10-13H2,2-3H3,(H,22,24). The zero-order valence-corrected chi connectivity index (χ0v) is 14.5. The molecule has 1 amide bonds. The van der Waals surface area contributed by atoms with Crippen LogP contribution in [0.25, 0.3) is 0 Å². The molecule has 1 radical (unpaired) electrons. The third-order valence-electron chi connectivity index (χ3n) is 4.76. The number of piperidine rings is 1. The lowest BCUT2D eigenvalue weighted by Crippen LogP contribution is -2.44. The lowest BCUT2D eigenvalue weighted by molar-refractivity contribution is 0.0930. The zero-order valence-electron chi connectivity index (χ0n) is 14.5. The monoisotopic (exact) mass is 321 g/mol. The summed E-state index contributed by atoms with van der Waals surface area (Å²) < 4.78 is 0. The summed E-state index contributed by atoms with van der Waals surface area (Å²) in [7, 11) is 0. The number of carbonyl (C=O) groups excluding carboxylic acids is 1. The molecule has 3 nitrogen and oxygen atoms in total. The van der Waals surface area contributed by atoms with Gasteiger partial charge in [-0.1, -0.05) is 29.8 Å². The van der Waals surface area contributed by atoms with E-state index in [2.05, 4.69) is 35.3 Å². The first kappa shape index (κ1) is 16.6. The van der Waals surface area contributed by atoms with Crippen LogP contribution in [0.5, 0.6) is 0 Å². The van der Waals surface area contributed by atoms with Crippen LogP contribution in [0.3, 0.4) is 0 Å². The highest BCUT2D eigenvalue weighted by Gasteiger charge is 2.21. The molecule has 24 heavy (non-hydrogen) atoms. The van der Waals surface area contributed by atoms with Crippen molar-refractivity contribution in [1.82, 2.24) is 5.32 Å². The van der Waals surface area contributed by atoms with Gasteiger partial charge in [-0.15, -0.1) is 0 Å². The summed E-state index contributed by atoms with van der Waals surface area (Å²) >= 11 is 0. The van der Waals surface area contributed by atoms with Crippen molar-refractivity contribution in [2.45, 2.75) is 32.7 Å². The Kier molecular flexibility index (Phi) is 4.89. The Hall–Kier alpha value is -2.29. The van der Waals surface area contributed by atoms with E-state index in [1.807, 2.05) is 38.1 Å². The van der Waals surface area contributed by atoms with Gasteiger partial charge in [-0.25, -0.2) is 0 Å². The van der Waals surface area contributed by atoms with Crippen LogP contribution in [0.2, 0.25) is 0 Å². The molecule has 0 unspecified atom stereocenters. The van der Waals surface area contributed by atoms with Crippen LogP contribution in [-0.2, 0) is 0 Å². The molecule has 1 aliphatic heterocycles. The molecule has 0 aliphatic carbocycles. The summed E-state index contributed by atoms with van der Waals surface area (Å²) in [4.78, 5) is 14.9. The second-order valence-electron chi connectivity index (χ2n) is 6.72. The average molecular weight is 321 g/mol. The van der Waals surface area contributed by atoms with E-state index in [0.717, 1.165) is 42.6 Å². The summed E-state index contributed by atoms with van der Waals surface area (Å²) in [6.07, 6.45) is 1.95.